The SMILES string of the molecule is CCNC(=NCc1cc(Cl)c(Cl)n1C)NCCn1cc([N+](=O)[O-])cn1. The molecule has 0 aromatic carbocycles. The quantitative estimate of drug-likeness (QED) is 0.328. The first-order valence-electron chi connectivity index (χ1n) is 7.61. The van der Waals surface area contributed by atoms with Crippen LogP contribution in [-0.4, -0.2) is 38.3 Å². The van der Waals surface area contributed by atoms with Gasteiger partial charge in [0.1, 0.15) is 17.5 Å². The minimum absolute atomic E-state index is 0.0296. The minimum Gasteiger partial charge on any atom is -0.357 e. The van der Waals surface area contributed by atoms with Crippen molar-refractivity contribution < 1.29 is 4.92 Å². The highest BCUT2D eigenvalue weighted by molar-refractivity contribution is 6.41. The molecule has 0 amide bonds. The fourth-order valence-electron chi connectivity index (χ4n) is 2.10. The summed E-state index contributed by atoms with van der Waals surface area (Å²) < 4.78 is 3.28. The van der Waals surface area contributed by atoms with E-state index in [9.17, 15) is 10.1 Å². The minimum atomic E-state index is -0.474. The summed E-state index contributed by atoms with van der Waals surface area (Å²) in [7, 11) is 1.82. The predicted octanol–water partition coefficient (Wildman–Crippen LogP) is 2.19. The molecule has 0 saturated heterocycles. The number of nitro groups is 1. The third kappa shape index (κ3) is 5.10. The molecule has 0 aliphatic carbocycles. The Bertz CT molecular complexity index is 769. The molecule has 11 heteroatoms. The Morgan fingerprint density at radius 1 is 1.44 bits per heavy atom. The zero-order valence-electron chi connectivity index (χ0n) is 13.9. The van der Waals surface area contributed by atoms with Gasteiger partial charge in [0.2, 0.25) is 0 Å². The van der Waals surface area contributed by atoms with Crippen LogP contribution >= 0.6 is 23.2 Å². The van der Waals surface area contributed by atoms with Crippen LogP contribution in [0.1, 0.15) is 12.6 Å². The number of guanidine groups is 1. The molecule has 136 valence electrons. The van der Waals surface area contributed by atoms with Crippen LogP contribution in [0.15, 0.2) is 23.5 Å². The number of aromatic nitrogens is 3. The van der Waals surface area contributed by atoms with Crippen molar-refractivity contribution >= 4 is 34.8 Å². The maximum Gasteiger partial charge on any atom is 0.306 e. The molecule has 25 heavy (non-hydrogen) atoms. The maximum absolute atomic E-state index is 10.6. The summed E-state index contributed by atoms with van der Waals surface area (Å²) in [5.74, 6) is 0.623. The van der Waals surface area contributed by atoms with Gasteiger partial charge < -0.3 is 15.2 Å². The van der Waals surface area contributed by atoms with Gasteiger partial charge in [0.15, 0.2) is 5.96 Å². The number of aliphatic imine (C=N–C) groups is 1. The third-order valence-electron chi connectivity index (χ3n) is 3.42. The lowest BCUT2D eigenvalue weighted by atomic mass is 10.4. The van der Waals surface area contributed by atoms with E-state index in [0.29, 0.717) is 42.3 Å². The Morgan fingerprint density at radius 3 is 2.76 bits per heavy atom. The molecule has 2 N–H and O–H groups in total. The Morgan fingerprint density at radius 2 is 2.20 bits per heavy atom. The van der Waals surface area contributed by atoms with Crippen LogP contribution in [0.3, 0.4) is 0 Å². The molecule has 2 rings (SSSR count). The number of rotatable bonds is 7. The molecule has 0 radical (unpaired) electrons. The molecule has 2 heterocycles. The molecule has 2 aromatic heterocycles. The van der Waals surface area contributed by atoms with E-state index in [4.69, 9.17) is 23.2 Å². The first-order chi connectivity index (χ1) is 11.9. The zero-order valence-corrected chi connectivity index (χ0v) is 15.4. The van der Waals surface area contributed by atoms with Crippen LogP contribution in [0.2, 0.25) is 10.2 Å². The largest absolute Gasteiger partial charge is 0.357 e. The molecule has 0 aliphatic rings. The highest BCUT2D eigenvalue weighted by Crippen LogP contribution is 2.25. The summed E-state index contributed by atoms with van der Waals surface area (Å²) in [5, 5.41) is 21.8. The van der Waals surface area contributed by atoms with Crippen molar-refractivity contribution in [2.75, 3.05) is 13.1 Å². The molecule has 0 atom stereocenters. The molecule has 9 nitrogen and oxygen atoms in total. The second-order valence-electron chi connectivity index (χ2n) is 5.17. The highest BCUT2D eigenvalue weighted by Gasteiger charge is 2.10. The summed E-state index contributed by atoms with van der Waals surface area (Å²) in [6.45, 7) is 4.06. The van der Waals surface area contributed by atoms with Gasteiger partial charge in [0.05, 0.1) is 23.0 Å². The maximum atomic E-state index is 10.6. The van der Waals surface area contributed by atoms with Crippen molar-refractivity contribution in [1.82, 2.24) is 25.0 Å². The molecular formula is C14H19Cl2N7O2. The van der Waals surface area contributed by atoms with E-state index in [1.54, 1.807) is 10.6 Å². The predicted molar refractivity (Wildman–Crippen MR) is 97.1 cm³/mol. The molecule has 0 saturated carbocycles. The normalized spacial score (nSPS) is 11.6. The van der Waals surface area contributed by atoms with Crippen LogP contribution in [0, 0.1) is 10.1 Å². The number of halogens is 2. The van der Waals surface area contributed by atoms with Crippen LogP contribution < -0.4 is 10.6 Å². The van der Waals surface area contributed by atoms with Gasteiger partial charge in [-0.05, 0) is 13.0 Å². The average Bonchev–Trinajstić information content (AvgIpc) is 3.14. The van der Waals surface area contributed by atoms with Crippen molar-refractivity contribution in [3.05, 3.63) is 44.4 Å². The monoisotopic (exact) mass is 387 g/mol. The van der Waals surface area contributed by atoms with Gasteiger partial charge in [-0.1, -0.05) is 23.2 Å². The first-order valence-corrected chi connectivity index (χ1v) is 8.36. The van der Waals surface area contributed by atoms with Gasteiger partial charge in [-0.15, -0.1) is 0 Å². The standard InChI is InChI=1S/C14H19Cl2N7O2/c1-3-17-14(19-7-10-6-12(15)13(16)21(10)2)18-4-5-22-9-11(8-20-22)23(24)25/h6,8-9H,3-5,7H2,1-2H3,(H2,17,18,19). The van der Waals surface area contributed by atoms with E-state index in [1.807, 2.05) is 14.0 Å². The zero-order chi connectivity index (χ0) is 18.4. The topological polar surface area (TPSA) is 102 Å². The smallest absolute Gasteiger partial charge is 0.306 e. The van der Waals surface area contributed by atoms with Crippen molar-refractivity contribution in [2.24, 2.45) is 12.0 Å². The lowest BCUT2D eigenvalue weighted by Gasteiger charge is -2.11. The van der Waals surface area contributed by atoms with Crippen molar-refractivity contribution in [2.45, 2.75) is 20.0 Å². The number of hydrogen-bond acceptors (Lipinski definition) is 4. The Balaban J connectivity index is 1.92. The summed E-state index contributed by atoms with van der Waals surface area (Å²) >= 11 is 12.0. The molecule has 0 aliphatic heterocycles. The highest BCUT2D eigenvalue weighted by atomic mass is 35.5. The van der Waals surface area contributed by atoms with Gasteiger partial charge in [-0.25, -0.2) is 4.99 Å². The molecule has 0 spiro atoms. The van der Waals surface area contributed by atoms with Gasteiger partial charge in [-0.2, -0.15) is 5.10 Å². The van der Waals surface area contributed by atoms with Gasteiger partial charge >= 0.3 is 5.69 Å². The Hall–Kier alpha value is -2.26. The van der Waals surface area contributed by atoms with Crippen LogP contribution in [0.25, 0.3) is 0 Å². The first kappa shape index (κ1) is 19.1. The number of nitrogens with zero attached hydrogens (tertiary/aromatic N) is 5. The average molecular weight is 388 g/mol. The fraction of sp³-hybridized carbons (Fsp3) is 0.429. The van der Waals surface area contributed by atoms with E-state index in [-0.39, 0.29) is 5.69 Å². The molecule has 0 fully saturated rings. The van der Waals surface area contributed by atoms with Crippen molar-refractivity contribution in [3.63, 3.8) is 0 Å². The molecule has 2 aromatic rings. The summed E-state index contributed by atoms with van der Waals surface area (Å²) in [4.78, 5) is 14.6. The van der Waals surface area contributed by atoms with Gasteiger partial charge in [-0.3, -0.25) is 14.8 Å². The third-order valence-corrected chi connectivity index (χ3v) is 4.26. The van der Waals surface area contributed by atoms with E-state index in [1.165, 1.54) is 17.1 Å². The lowest BCUT2D eigenvalue weighted by Crippen LogP contribution is -2.38. The van der Waals surface area contributed by atoms with E-state index >= 15 is 0 Å². The number of nitrogens with one attached hydrogen (secondary N) is 2. The molecule has 0 bridgehead atoms. The molecule has 0 unspecified atom stereocenters. The number of hydrogen-bond donors (Lipinski definition) is 2. The van der Waals surface area contributed by atoms with Crippen LogP contribution in [0.4, 0.5) is 5.69 Å². The lowest BCUT2D eigenvalue weighted by molar-refractivity contribution is -0.385. The van der Waals surface area contributed by atoms with E-state index in [0.717, 1.165) is 5.69 Å². The molecular weight excluding hydrogens is 369 g/mol. The van der Waals surface area contributed by atoms with Gasteiger partial charge in [0, 0.05) is 25.8 Å². The van der Waals surface area contributed by atoms with Crippen LogP contribution in [-0.2, 0) is 20.1 Å². The second kappa shape index (κ2) is 8.72. The van der Waals surface area contributed by atoms with Crippen molar-refractivity contribution in [1.29, 1.82) is 0 Å². The van der Waals surface area contributed by atoms with E-state index in [2.05, 4.69) is 20.7 Å². The second-order valence-corrected chi connectivity index (χ2v) is 5.94. The van der Waals surface area contributed by atoms with Gasteiger partial charge in [0.25, 0.3) is 0 Å². The summed E-state index contributed by atoms with van der Waals surface area (Å²) in [6.07, 6.45) is 2.61. The van der Waals surface area contributed by atoms with E-state index < -0.39 is 4.92 Å². The summed E-state index contributed by atoms with van der Waals surface area (Å²) in [6, 6.07) is 1.78. The fourth-order valence-corrected chi connectivity index (χ4v) is 2.52. The Kier molecular flexibility index (Phi) is 6.65. The van der Waals surface area contributed by atoms with Crippen LogP contribution in [0.5, 0.6) is 0 Å². The van der Waals surface area contributed by atoms with Crippen molar-refractivity contribution in [3.8, 4) is 0 Å². The summed E-state index contributed by atoms with van der Waals surface area (Å²) in [5.41, 5.74) is 0.855. The Labute approximate surface area is 154 Å².